The molecule has 1 aliphatic rings. The Hall–Kier alpha value is -3.16. The number of carbonyl (C=O) groups is 1. The van der Waals surface area contributed by atoms with E-state index in [9.17, 15) is 10.1 Å². The highest BCUT2D eigenvalue weighted by atomic mass is 35.5. The lowest BCUT2D eigenvalue weighted by Crippen LogP contribution is -2.14. The van der Waals surface area contributed by atoms with E-state index >= 15 is 0 Å². The number of pyridine rings is 1. The molecule has 4 rings (SSSR count). The first-order valence-corrected chi connectivity index (χ1v) is 9.39. The predicted molar refractivity (Wildman–Crippen MR) is 108 cm³/mol. The maximum absolute atomic E-state index is 11.4. The van der Waals surface area contributed by atoms with Gasteiger partial charge >= 0.3 is 0 Å². The summed E-state index contributed by atoms with van der Waals surface area (Å²) in [5.74, 6) is 0.0648. The molecular weight excluding hydrogens is 372 g/mol. The van der Waals surface area contributed by atoms with Gasteiger partial charge in [0.15, 0.2) is 5.78 Å². The molecule has 0 amide bonds. The number of carbonyl (C=O) groups excluding carboxylic acids is 1. The van der Waals surface area contributed by atoms with Gasteiger partial charge in [0.2, 0.25) is 5.88 Å². The van der Waals surface area contributed by atoms with Crippen LogP contribution in [0.1, 0.15) is 23.6 Å². The summed E-state index contributed by atoms with van der Waals surface area (Å²) in [6, 6.07) is 17.8. The van der Waals surface area contributed by atoms with Gasteiger partial charge in [-0.15, -0.1) is 0 Å². The van der Waals surface area contributed by atoms with Crippen molar-refractivity contribution in [2.75, 3.05) is 6.61 Å². The molecule has 0 saturated heterocycles. The number of hydrogen-bond acceptors (Lipinski definition) is 4. The molecule has 0 fully saturated rings. The molecule has 0 aliphatic heterocycles. The Morgan fingerprint density at radius 2 is 1.93 bits per heavy atom. The van der Waals surface area contributed by atoms with E-state index in [4.69, 9.17) is 16.3 Å². The van der Waals surface area contributed by atoms with Gasteiger partial charge < -0.3 is 4.74 Å². The van der Waals surface area contributed by atoms with Crippen LogP contribution in [0.25, 0.3) is 22.4 Å². The first-order valence-electron chi connectivity index (χ1n) is 9.02. The number of aromatic nitrogens is 1. The number of ether oxygens (including phenoxy) is 1. The van der Waals surface area contributed by atoms with E-state index in [0.717, 1.165) is 40.8 Å². The Morgan fingerprint density at radius 1 is 1.18 bits per heavy atom. The molecule has 138 valence electrons. The van der Waals surface area contributed by atoms with Gasteiger partial charge in [-0.05, 0) is 48.6 Å². The lowest BCUT2D eigenvalue weighted by Gasteiger charge is -2.24. The molecule has 0 bridgehead atoms. The van der Waals surface area contributed by atoms with Crippen LogP contribution in [0.15, 0.2) is 48.5 Å². The number of nitrogens with zero attached hydrogens (tertiary/aromatic N) is 2. The second kappa shape index (κ2) is 7.46. The predicted octanol–water partition coefficient (Wildman–Crippen LogP) is 5.01. The highest BCUT2D eigenvalue weighted by molar-refractivity contribution is 6.30. The van der Waals surface area contributed by atoms with Crippen molar-refractivity contribution < 1.29 is 9.53 Å². The molecule has 3 aromatic rings. The summed E-state index contributed by atoms with van der Waals surface area (Å²) in [6.07, 6.45) is 1.66. The Labute approximate surface area is 168 Å². The van der Waals surface area contributed by atoms with E-state index in [1.54, 1.807) is 12.1 Å². The number of ketones is 1. The minimum Gasteiger partial charge on any atom is -0.469 e. The first kappa shape index (κ1) is 18.2. The first-order chi connectivity index (χ1) is 13.6. The van der Waals surface area contributed by atoms with Crippen molar-refractivity contribution in [2.45, 2.75) is 19.8 Å². The highest BCUT2D eigenvalue weighted by Crippen LogP contribution is 2.42. The maximum Gasteiger partial charge on any atom is 0.233 e. The summed E-state index contributed by atoms with van der Waals surface area (Å²) >= 11 is 6.06. The Balaban J connectivity index is 2.00. The number of halogens is 1. The van der Waals surface area contributed by atoms with Crippen molar-refractivity contribution in [3.05, 3.63) is 70.2 Å². The van der Waals surface area contributed by atoms with Crippen LogP contribution in [0, 0.1) is 11.3 Å². The molecule has 0 unspecified atom stereocenters. The zero-order valence-corrected chi connectivity index (χ0v) is 16.1. The summed E-state index contributed by atoms with van der Waals surface area (Å²) in [4.78, 5) is 16.1. The Kier molecular flexibility index (Phi) is 4.85. The number of nitriles is 1. The van der Waals surface area contributed by atoms with E-state index in [-0.39, 0.29) is 18.3 Å². The van der Waals surface area contributed by atoms with Crippen molar-refractivity contribution in [1.29, 1.82) is 5.26 Å². The lowest BCUT2D eigenvalue weighted by atomic mass is 9.83. The summed E-state index contributed by atoms with van der Waals surface area (Å²) in [6.45, 7) is 1.32. The van der Waals surface area contributed by atoms with Crippen LogP contribution in [0.4, 0.5) is 0 Å². The number of fused-ring (bicyclic) bond motifs is 3. The monoisotopic (exact) mass is 388 g/mol. The molecule has 0 N–H and O–H groups in total. The second-order valence-corrected chi connectivity index (χ2v) is 7.20. The van der Waals surface area contributed by atoms with Crippen LogP contribution in [0.2, 0.25) is 5.02 Å². The zero-order valence-electron chi connectivity index (χ0n) is 15.3. The Bertz CT molecular complexity index is 1110. The van der Waals surface area contributed by atoms with Gasteiger partial charge in [-0.1, -0.05) is 48.0 Å². The fourth-order valence-corrected chi connectivity index (χ4v) is 3.74. The molecule has 5 heteroatoms. The van der Waals surface area contributed by atoms with Gasteiger partial charge in [0.25, 0.3) is 0 Å². The average Bonchev–Trinajstić information content (AvgIpc) is 2.71. The van der Waals surface area contributed by atoms with E-state index < -0.39 is 0 Å². The second-order valence-electron chi connectivity index (χ2n) is 6.76. The van der Waals surface area contributed by atoms with Crippen molar-refractivity contribution >= 4 is 17.4 Å². The molecule has 0 saturated carbocycles. The number of aryl methyl sites for hydroxylation is 1. The minimum atomic E-state index is -0.128. The van der Waals surface area contributed by atoms with Gasteiger partial charge in [-0.25, -0.2) is 4.98 Å². The van der Waals surface area contributed by atoms with Crippen molar-refractivity contribution in [3.8, 4) is 34.3 Å². The standard InChI is InChI=1S/C23H17ClN2O2/c1-14(27)13-28-23-20(12-25)21(16-6-9-17(24)10-7-16)19-11-8-15-4-2-3-5-18(15)22(19)26-23/h2-7,9-10H,8,11,13H2,1H3. The molecule has 1 aliphatic carbocycles. The van der Waals surface area contributed by atoms with Crippen LogP contribution in [-0.2, 0) is 17.6 Å². The van der Waals surface area contributed by atoms with E-state index in [1.807, 2.05) is 30.3 Å². The highest BCUT2D eigenvalue weighted by Gasteiger charge is 2.26. The SMILES string of the molecule is CC(=O)COc1nc2c(c(-c3ccc(Cl)cc3)c1C#N)CCc1ccccc1-2. The molecule has 1 heterocycles. The van der Waals surface area contributed by atoms with Gasteiger partial charge in [-0.3, -0.25) is 4.79 Å². The van der Waals surface area contributed by atoms with Crippen LogP contribution >= 0.6 is 11.6 Å². The van der Waals surface area contributed by atoms with Crippen LogP contribution in [-0.4, -0.2) is 17.4 Å². The topological polar surface area (TPSA) is 63.0 Å². The average molecular weight is 389 g/mol. The summed E-state index contributed by atoms with van der Waals surface area (Å²) in [5, 5.41) is 10.5. The van der Waals surface area contributed by atoms with Crippen LogP contribution in [0.5, 0.6) is 5.88 Å². The van der Waals surface area contributed by atoms with Gasteiger partial charge in [0.05, 0.1) is 5.69 Å². The smallest absolute Gasteiger partial charge is 0.233 e. The Morgan fingerprint density at radius 3 is 2.64 bits per heavy atom. The maximum atomic E-state index is 11.4. The summed E-state index contributed by atoms with van der Waals surface area (Å²) in [5.41, 5.74) is 6.12. The fourth-order valence-electron chi connectivity index (χ4n) is 3.61. The molecule has 0 spiro atoms. The molecule has 4 nitrogen and oxygen atoms in total. The van der Waals surface area contributed by atoms with Gasteiger partial charge in [0, 0.05) is 16.1 Å². The molecule has 0 radical (unpaired) electrons. The van der Waals surface area contributed by atoms with Crippen LogP contribution in [0.3, 0.4) is 0 Å². The quantitative estimate of drug-likeness (QED) is 0.630. The third kappa shape index (κ3) is 3.26. The molecular formula is C23H17ClN2O2. The molecule has 0 atom stereocenters. The van der Waals surface area contributed by atoms with Gasteiger partial charge in [-0.2, -0.15) is 5.26 Å². The lowest BCUT2D eigenvalue weighted by molar-refractivity contribution is -0.119. The molecule has 1 aromatic heterocycles. The number of Topliss-reactive ketones (excluding diaryl/α,β-unsaturated/α-hetero) is 1. The summed E-state index contributed by atoms with van der Waals surface area (Å²) < 4.78 is 5.65. The third-order valence-electron chi connectivity index (χ3n) is 4.84. The number of rotatable bonds is 4. The third-order valence-corrected chi connectivity index (χ3v) is 5.09. The summed E-state index contributed by atoms with van der Waals surface area (Å²) in [7, 11) is 0. The number of hydrogen-bond donors (Lipinski definition) is 0. The zero-order chi connectivity index (χ0) is 19.7. The van der Waals surface area contributed by atoms with E-state index in [1.165, 1.54) is 12.5 Å². The van der Waals surface area contributed by atoms with Crippen molar-refractivity contribution in [1.82, 2.24) is 4.98 Å². The number of benzene rings is 2. The molecule has 28 heavy (non-hydrogen) atoms. The fraction of sp³-hybridized carbons (Fsp3) is 0.174. The van der Waals surface area contributed by atoms with Crippen LogP contribution < -0.4 is 4.74 Å². The van der Waals surface area contributed by atoms with Crippen molar-refractivity contribution in [3.63, 3.8) is 0 Å². The molecule has 2 aromatic carbocycles. The minimum absolute atomic E-state index is 0.123. The van der Waals surface area contributed by atoms with E-state index in [0.29, 0.717) is 10.6 Å². The van der Waals surface area contributed by atoms with Crippen molar-refractivity contribution in [2.24, 2.45) is 0 Å². The van der Waals surface area contributed by atoms with E-state index in [2.05, 4.69) is 17.1 Å². The largest absolute Gasteiger partial charge is 0.469 e. The normalized spacial score (nSPS) is 11.9. The van der Waals surface area contributed by atoms with Gasteiger partial charge in [0.1, 0.15) is 18.2 Å².